The molecule has 6 rings (SSSR count). The second-order valence-corrected chi connectivity index (χ2v) is 15.2. The van der Waals surface area contributed by atoms with Crippen molar-refractivity contribution in [2.24, 2.45) is 0 Å². The zero-order valence-corrected chi connectivity index (χ0v) is 26.0. The summed E-state index contributed by atoms with van der Waals surface area (Å²) in [7, 11) is -5.19. The van der Waals surface area contributed by atoms with Crippen LogP contribution in [0.3, 0.4) is 0 Å². The minimum atomic E-state index is -5.19. The van der Waals surface area contributed by atoms with E-state index in [1.165, 1.54) is 10.9 Å². The van der Waals surface area contributed by atoms with Crippen molar-refractivity contribution in [3.8, 4) is 0 Å². The van der Waals surface area contributed by atoms with Gasteiger partial charge in [0.15, 0.2) is 47.4 Å². The van der Waals surface area contributed by atoms with E-state index in [9.17, 15) is 19.4 Å². The Morgan fingerprint density at radius 1 is 1.07 bits per heavy atom. The van der Waals surface area contributed by atoms with Gasteiger partial charge in [0.1, 0.15) is 42.4 Å². The minimum Gasteiger partial charge on any atom is -0.394 e. The molecule has 4 aromatic heterocycles. The highest BCUT2D eigenvalue weighted by molar-refractivity contribution is 8.54. The molecule has 25 heteroatoms. The Labute approximate surface area is 260 Å². The average molecular weight is 713 g/mol. The Morgan fingerprint density at radius 2 is 1.76 bits per heavy atom. The van der Waals surface area contributed by atoms with Gasteiger partial charge in [0.25, 0.3) is 5.56 Å². The summed E-state index contributed by atoms with van der Waals surface area (Å²) in [6, 6.07) is 0. The van der Waals surface area contributed by atoms with Crippen LogP contribution in [0.25, 0.3) is 22.3 Å². The summed E-state index contributed by atoms with van der Waals surface area (Å²) in [5.41, 5.74) is 10.7. The first-order chi connectivity index (χ1) is 21.4. The summed E-state index contributed by atoms with van der Waals surface area (Å²) in [4.78, 5) is 45.0. The van der Waals surface area contributed by atoms with E-state index in [0.29, 0.717) is 0 Å². The molecule has 0 aliphatic carbocycles. The molecular formula is C20H24F2N10O9P2S2. The Hall–Kier alpha value is -2.69. The molecule has 0 radical (unpaired) electrons. The SMILES string of the molecule is Nc1nc2c(ncn2[C@@H]2O[C@H](CO)[C@@H](F)[C@H]2OP(=O)(O)OC[C@H]2O[C@@H](n3cnc4c(N)ncnc43)[C@@H](F)[C@@H]2O[PH](=S)S)c(=O)[nH]1. The number of halogens is 2. The summed E-state index contributed by atoms with van der Waals surface area (Å²) in [5, 5.41) is 9.63. The first-order valence-electron chi connectivity index (χ1n) is 12.8. The van der Waals surface area contributed by atoms with Gasteiger partial charge in [-0.15, -0.1) is 12.2 Å². The molecule has 4 aromatic rings. The minimum absolute atomic E-state index is 0.0446. The molecule has 2 fully saturated rings. The van der Waals surface area contributed by atoms with E-state index in [0.717, 1.165) is 17.2 Å². The van der Waals surface area contributed by atoms with Gasteiger partial charge in [-0.3, -0.25) is 28.0 Å². The number of aromatic nitrogens is 8. The first kappa shape index (κ1) is 32.3. The summed E-state index contributed by atoms with van der Waals surface area (Å²) < 4.78 is 73.6. The molecule has 45 heavy (non-hydrogen) atoms. The lowest BCUT2D eigenvalue weighted by Gasteiger charge is -2.24. The van der Waals surface area contributed by atoms with Crippen molar-refractivity contribution in [3.05, 3.63) is 29.3 Å². The van der Waals surface area contributed by atoms with Gasteiger partial charge in [-0.2, -0.15) is 4.98 Å². The predicted molar refractivity (Wildman–Crippen MR) is 157 cm³/mol. The van der Waals surface area contributed by atoms with Crippen LogP contribution in [0.5, 0.6) is 0 Å². The fourth-order valence-electron chi connectivity index (χ4n) is 5.02. The molecule has 2 saturated heterocycles. The lowest BCUT2D eigenvalue weighted by Crippen LogP contribution is -2.34. The van der Waals surface area contributed by atoms with Crippen LogP contribution in [0, 0.1) is 0 Å². The Bertz CT molecular complexity index is 1870. The first-order valence-corrected chi connectivity index (χ1v) is 18.1. The summed E-state index contributed by atoms with van der Waals surface area (Å²) in [6.07, 6.45) is -12.0. The molecule has 0 spiro atoms. The van der Waals surface area contributed by atoms with E-state index in [2.05, 4.69) is 42.2 Å². The van der Waals surface area contributed by atoms with Gasteiger partial charge in [-0.05, 0) is 0 Å². The Balaban J connectivity index is 1.22. The topological polar surface area (TPSA) is 263 Å². The number of fused-ring (bicyclic) bond motifs is 2. The number of phosphoric ester groups is 1. The molecule has 2 aliphatic rings. The second-order valence-electron chi connectivity index (χ2n) is 9.74. The quantitative estimate of drug-likeness (QED) is 0.0927. The van der Waals surface area contributed by atoms with E-state index in [4.69, 9.17) is 46.3 Å². The molecule has 2 unspecified atom stereocenters. The van der Waals surface area contributed by atoms with Crippen LogP contribution in [-0.4, -0.2) is 99.0 Å². The third kappa shape index (κ3) is 6.10. The van der Waals surface area contributed by atoms with E-state index in [1.807, 2.05) is 0 Å². The second kappa shape index (κ2) is 12.5. The molecule has 0 aromatic carbocycles. The lowest BCUT2D eigenvalue weighted by molar-refractivity contribution is -0.0584. The number of nitrogens with one attached hydrogen (secondary N) is 1. The number of H-pyrrole nitrogens is 1. The Kier molecular flexibility index (Phi) is 8.95. The summed E-state index contributed by atoms with van der Waals surface area (Å²) >= 11 is 9.09. The van der Waals surface area contributed by atoms with Crippen LogP contribution in [0.2, 0.25) is 0 Å². The van der Waals surface area contributed by atoms with Gasteiger partial charge in [0.05, 0.1) is 25.9 Å². The highest BCUT2D eigenvalue weighted by Crippen LogP contribution is 2.51. The van der Waals surface area contributed by atoms with Crippen molar-refractivity contribution in [1.29, 1.82) is 0 Å². The number of anilines is 2. The number of nitrogen functional groups attached to an aromatic ring is 2. The van der Waals surface area contributed by atoms with E-state index >= 15 is 8.78 Å². The maximum atomic E-state index is 15.7. The average Bonchev–Trinajstić information content (AvgIpc) is 3.73. The number of aliphatic hydroxyl groups excluding tert-OH is 1. The van der Waals surface area contributed by atoms with Crippen molar-refractivity contribution < 1.29 is 46.4 Å². The molecule has 0 saturated carbocycles. The fourth-order valence-corrected chi connectivity index (χ4v) is 7.16. The van der Waals surface area contributed by atoms with Crippen molar-refractivity contribution in [2.75, 3.05) is 24.7 Å². The number of nitrogens with two attached hydrogens (primary N) is 2. The number of ether oxygens (including phenoxy) is 2. The number of nitrogens with zero attached hydrogens (tertiary/aromatic N) is 7. The predicted octanol–water partition coefficient (Wildman–Crippen LogP) is -0.0895. The van der Waals surface area contributed by atoms with Crippen LogP contribution in [0.4, 0.5) is 20.5 Å². The van der Waals surface area contributed by atoms with Crippen LogP contribution < -0.4 is 17.0 Å². The maximum absolute atomic E-state index is 15.7. The number of aliphatic hydroxyl groups is 1. The van der Waals surface area contributed by atoms with E-state index < -0.39 is 81.9 Å². The largest absolute Gasteiger partial charge is 0.472 e. The highest BCUT2D eigenvalue weighted by atomic mass is 32.9. The number of alkyl halides is 2. The highest BCUT2D eigenvalue weighted by Gasteiger charge is 2.52. The third-order valence-corrected chi connectivity index (χ3v) is 9.05. The lowest BCUT2D eigenvalue weighted by atomic mass is 10.1. The molecule has 2 aliphatic heterocycles. The molecule has 0 amide bonds. The molecular weight excluding hydrogens is 688 g/mol. The molecule has 10 atom stereocenters. The number of imidazole rings is 2. The normalized spacial score (nSPS) is 30.7. The van der Waals surface area contributed by atoms with Crippen molar-refractivity contribution in [1.82, 2.24) is 39.0 Å². The van der Waals surface area contributed by atoms with Gasteiger partial charge < -0.3 is 35.5 Å². The zero-order chi connectivity index (χ0) is 32.2. The van der Waals surface area contributed by atoms with Gasteiger partial charge in [-0.1, -0.05) is 11.8 Å². The van der Waals surface area contributed by atoms with Gasteiger partial charge in [0, 0.05) is 0 Å². The molecule has 244 valence electrons. The fraction of sp³-hybridized carbons (Fsp3) is 0.500. The number of aromatic amines is 1. The number of phosphoric acid groups is 1. The van der Waals surface area contributed by atoms with Crippen LogP contribution in [0.15, 0.2) is 23.8 Å². The van der Waals surface area contributed by atoms with Crippen LogP contribution >= 0.6 is 26.2 Å². The standard InChI is InChI=1S/C20H24F2N10O9P2S2/c21-8-6(1-33)38-19(32-5-28-11-16(32)29-20(24)30-17(11)34)13(8)41-43(35,36)37-2-7-12(40-42(44)45)9(22)18(39-7)31-4-27-10-14(23)25-3-26-15(10)31/h3-9,12-13,18-19,33,42H,1-2H2,(H,35,36)(H,44,45)(H2,23,25,26)(H3,24,29,30,34)/t6-,7-,8-,9+,12-,13-,18-,19-/m1/s1. The van der Waals surface area contributed by atoms with Crippen LogP contribution in [0.1, 0.15) is 12.5 Å². The van der Waals surface area contributed by atoms with Crippen molar-refractivity contribution in [3.63, 3.8) is 0 Å². The zero-order valence-electron chi connectivity index (χ0n) is 22.4. The summed E-state index contributed by atoms with van der Waals surface area (Å²) in [5.74, 6) is -0.248. The Morgan fingerprint density at radius 3 is 2.47 bits per heavy atom. The number of hydrogen-bond donors (Lipinski definition) is 6. The number of thiol groups is 1. The van der Waals surface area contributed by atoms with E-state index in [1.54, 1.807) is 0 Å². The van der Waals surface area contributed by atoms with Gasteiger partial charge in [-0.25, -0.2) is 33.3 Å². The maximum Gasteiger partial charge on any atom is 0.472 e. The van der Waals surface area contributed by atoms with Crippen molar-refractivity contribution in [2.45, 2.75) is 49.2 Å². The number of hydrogen-bond acceptors (Lipinski definition) is 16. The summed E-state index contributed by atoms with van der Waals surface area (Å²) in [6.45, 7) is -1.63. The van der Waals surface area contributed by atoms with Crippen molar-refractivity contribution >= 4 is 72.1 Å². The molecule has 0 bridgehead atoms. The smallest absolute Gasteiger partial charge is 0.394 e. The monoisotopic (exact) mass is 712 g/mol. The van der Waals surface area contributed by atoms with Crippen LogP contribution in [-0.2, 0) is 39.4 Å². The van der Waals surface area contributed by atoms with Gasteiger partial charge >= 0.3 is 7.82 Å². The van der Waals surface area contributed by atoms with E-state index in [-0.39, 0.29) is 34.1 Å². The number of rotatable bonds is 10. The molecule has 6 heterocycles. The molecule has 7 N–H and O–H groups in total. The van der Waals surface area contributed by atoms with Gasteiger partial charge in [0.2, 0.25) is 5.95 Å². The third-order valence-electron chi connectivity index (χ3n) is 6.99. The molecule has 19 nitrogen and oxygen atoms in total.